The number of rotatable bonds is 19. The maximum absolute atomic E-state index is 10.6. The summed E-state index contributed by atoms with van der Waals surface area (Å²) in [5.74, 6) is -0.925. The van der Waals surface area contributed by atoms with Crippen molar-refractivity contribution in [3.8, 4) is 0 Å². The average molecular weight is 407 g/mol. The molecule has 0 aliphatic rings. The molecule has 0 heterocycles. The molecule has 0 aliphatic heterocycles. The van der Waals surface area contributed by atoms with Crippen molar-refractivity contribution in [3.63, 3.8) is 0 Å². The van der Waals surface area contributed by atoms with Gasteiger partial charge in [-0.05, 0) is 24.8 Å². The SMILES string of the molecule is CCCCCCCCC(CCCCCCC(O)CC(=O)O)OCc1ccccc1. The number of carboxylic acids is 1. The van der Waals surface area contributed by atoms with E-state index in [0.717, 1.165) is 38.5 Å². The van der Waals surface area contributed by atoms with Crippen LogP contribution < -0.4 is 0 Å². The highest BCUT2D eigenvalue weighted by Crippen LogP contribution is 2.18. The Bertz CT molecular complexity index is 503. The smallest absolute Gasteiger partial charge is 0.305 e. The van der Waals surface area contributed by atoms with Gasteiger partial charge in [0.15, 0.2) is 0 Å². The standard InChI is InChI=1S/C25H42O4/c1-2-3-4-5-6-13-18-24(29-21-22-15-10-9-11-16-22)19-14-8-7-12-17-23(26)20-25(27)28/h9-11,15-16,23-24,26H,2-8,12-14,17-21H2,1H3,(H,27,28). The third-order valence-corrected chi connectivity index (χ3v) is 5.43. The Kier molecular flexibility index (Phi) is 15.4. The summed E-state index contributed by atoms with van der Waals surface area (Å²) >= 11 is 0. The Balaban J connectivity index is 2.23. The van der Waals surface area contributed by atoms with Crippen LogP contribution in [0.25, 0.3) is 0 Å². The molecular weight excluding hydrogens is 364 g/mol. The van der Waals surface area contributed by atoms with Crippen LogP contribution in [0.2, 0.25) is 0 Å². The fourth-order valence-electron chi connectivity index (χ4n) is 3.66. The van der Waals surface area contributed by atoms with Crippen molar-refractivity contribution in [2.45, 2.75) is 116 Å². The van der Waals surface area contributed by atoms with E-state index < -0.39 is 12.1 Å². The maximum atomic E-state index is 10.6. The first-order chi connectivity index (χ1) is 14.1. The molecule has 4 nitrogen and oxygen atoms in total. The summed E-state index contributed by atoms with van der Waals surface area (Å²) in [5.41, 5.74) is 1.23. The first-order valence-electron chi connectivity index (χ1n) is 11.7. The molecule has 0 saturated heterocycles. The van der Waals surface area contributed by atoms with Gasteiger partial charge in [0, 0.05) is 0 Å². The molecule has 0 saturated carbocycles. The van der Waals surface area contributed by atoms with E-state index in [1.807, 2.05) is 6.07 Å². The summed E-state index contributed by atoms with van der Waals surface area (Å²) in [4.78, 5) is 10.6. The number of benzene rings is 1. The van der Waals surface area contributed by atoms with E-state index in [9.17, 15) is 9.90 Å². The van der Waals surface area contributed by atoms with Crippen molar-refractivity contribution in [1.82, 2.24) is 0 Å². The number of ether oxygens (including phenoxy) is 1. The number of carboxylic acid groups (broad SMARTS) is 1. The Morgan fingerprint density at radius 3 is 2.00 bits per heavy atom. The normalized spacial score (nSPS) is 13.3. The molecular formula is C25H42O4. The first kappa shape index (κ1) is 25.6. The summed E-state index contributed by atoms with van der Waals surface area (Å²) in [5, 5.41) is 18.3. The Hall–Kier alpha value is -1.39. The Morgan fingerprint density at radius 1 is 0.862 bits per heavy atom. The van der Waals surface area contributed by atoms with Gasteiger partial charge < -0.3 is 14.9 Å². The van der Waals surface area contributed by atoms with Crippen LogP contribution in [-0.4, -0.2) is 28.4 Å². The number of unbranched alkanes of at least 4 members (excludes halogenated alkanes) is 8. The predicted molar refractivity (Wildman–Crippen MR) is 119 cm³/mol. The molecule has 0 fully saturated rings. The van der Waals surface area contributed by atoms with E-state index >= 15 is 0 Å². The van der Waals surface area contributed by atoms with Crippen molar-refractivity contribution in [2.75, 3.05) is 0 Å². The molecule has 1 aromatic carbocycles. The number of hydrogen-bond donors (Lipinski definition) is 2. The van der Waals surface area contributed by atoms with Crippen molar-refractivity contribution >= 4 is 5.97 Å². The summed E-state index contributed by atoms with van der Waals surface area (Å²) in [6.45, 7) is 2.93. The van der Waals surface area contributed by atoms with Gasteiger partial charge in [-0.2, -0.15) is 0 Å². The molecule has 2 atom stereocenters. The zero-order valence-corrected chi connectivity index (χ0v) is 18.4. The molecule has 0 spiro atoms. The molecule has 2 unspecified atom stereocenters. The van der Waals surface area contributed by atoms with Gasteiger partial charge in [-0.25, -0.2) is 0 Å². The van der Waals surface area contributed by atoms with Crippen LogP contribution in [0.15, 0.2) is 30.3 Å². The average Bonchev–Trinajstić information content (AvgIpc) is 2.70. The lowest BCUT2D eigenvalue weighted by molar-refractivity contribution is -0.139. The predicted octanol–water partition coefficient (Wildman–Crippen LogP) is 6.50. The molecule has 2 N–H and O–H groups in total. The van der Waals surface area contributed by atoms with Crippen LogP contribution >= 0.6 is 0 Å². The van der Waals surface area contributed by atoms with Gasteiger partial charge in [-0.15, -0.1) is 0 Å². The summed E-state index contributed by atoms with van der Waals surface area (Å²) < 4.78 is 6.24. The van der Waals surface area contributed by atoms with Gasteiger partial charge in [-0.1, -0.05) is 101 Å². The van der Waals surface area contributed by atoms with Crippen LogP contribution in [0.4, 0.5) is 0 Å². The van der Waals surface area contributed by atoms with Crippen LogP contribution in [0.3, 0.4) is 0 Å². The minimum absolute atomic E-state index is 0.145. The molecule has 166 valence electrons. The number of aliphatic hydroxyl groups excluding tert-OH is 1. The van der Waals surface area contributed by atoms with Gasteiger partial charge in [0.25, 0.3) is 0 Å². The van der Waals surface area contributed by atoms with E-state index in [1.54, 1.807) is 0 Å². The second-order valence-electron chi connectivity index (χ2n) is 8.22. The van der Waals surface area contributed by atoms with Gasteiger partial charge in [0.2, 0.25) is 0 Å². The quantitative estimate of drug-likeness (QED) is 0.257. The molecule has 0 bridgehead atoms. The summed E-state index contributed by atoms with van der Waals surface area (Å²) in [6, 6.07) is 10.4. The van der Waals surface area contributed by atoms with Crippen molar-refractivity contribution < 1.29 is 19.7 Å². The molecule has 0 aromatic heterocycles. The van der Waals surface area contributed by atoms with Crippen LogP contribution in [0.1, 0.15) is 102 Å². The zero-order valence-electron chi connectivity index (χ0n) is 18.4. The van der Waals surface area contributed by atoms with Crippen molar-refractivity contribution in [2.24, 2.45) is 0 Å². The monoisotopic (exact) mass is 406 g/mol. The zero-order chi connectivity index (χ0) is 21.2. The number of hydrogen-bond acceptors (Lipinski definition) is 3. The first-order valence-corrected chi connectivity index (χ1v) is 11.7. The van der Waals surface area contributed by atoms with Gasteiger partial charge in [0.1, 0.15) is 0 Å². The summed E-state index contributed by atoms with van der Waals surface area (Å²) in [7, 11) is 0. The molecule has 0 amide bonds. The fraction of sp³-hybridized carbons (Fsp3) is 0.720. The van der Waals surface area contributed by atoms with E-state index in [1.165, 1.54) is 44.1 Å². The number of aliphatic carboxylic acids is 1. The van der Waals surface area contributed by atoms with E-state index in [4.69, 9.17) is 9.84 Å². The van der Waals surface area contributed by atoms with Crippen LogP contribution in [-0.2, 0) is 16.1 Å². The summed E-state index contributed by atoms with van der Waals surface area (Å²) in [6.07, 6.45) is 14.3. The van der Waals surface area contributed by atoms with Crippen molar-refractivity contribution in [3.05, 3.63) is 35.9 Å². The third kappa shape index (κ3) is 15.2. The highest BCUT2D eigenvalue weighted by Gasteiger charge is 2.11. The fourth-order valence-corrected chi connectivity index (χ4v) is 3.66. The molecule has 29 heavy (non-hydrogen) atoms. The number of carbonyl (C=O) groups is 1. The number of aliphatic hydroxyl groups is 1. The van der Waals surface area contributed by atoms with Crippen molar-refractivity contribution in [1.29, 1.82) is 0 Å². The topological polar surface area (TPSA) is 66.8 Å². The third-order valence-electron chi connectivity index (χ3n) is 5.43. The van der Waals surface area contributed by atoms with E-state index in [0.29, 0.717) is 19.1 Å². The van der Waals surface area contributed by atoms with Gasteiger partial charge >= 0.3 is 5.97 Å². The molecule has 1 rings (SSSR count). The second kappa shape index (κ2) is 17.5. The van der Waals surface area contributed by atoms with E-state index in [-0.39, 0.29) is 6.42 Å². The molecule has 4 heteroatoms. The lowest BCUT2D eigenvalue weighted by atomic mass is 10.0. The molecule has 1 aromatic rings. The largest absolute Gasteiger partial charge is 0.481 e. The Morgan fingerprint density at radius 2 is 1.41 bits per heavy atom. The second-order valence-corrected chi connectivity index (χ2v) is 8.22. The lowest BCUT2D eigenvalue weighted by Gasteiger charge is -2.18. The molecule has 0 radical (unpaired) electrons. The highest BCUT2D eigenvalue weighted by atomic mass is 16.5. The van der Waals surface area contributed by atoms with Crippen LogP contribution in [0, 0.1) is 0 Å². The minimum Gasteiger partial charge on any atom is -0.481 e. The lowest BCUT2D eigenvalue weighted by Crippen LogP contribution is -2.13. The van der Waals surface area contributed by atoms with Gasteiger partial charge in [0.05, 0.1) is 25.2 Å². The minimum atomic E-state index is -0.925. The van der Waals surface area contributed by atoms with Gasteiger partial charge in [-0.3, -0.25) is 4.79 Å². The highest BCUT2D eigenvalue weighted by molar-refractivity contribution is 5.67. The van der Waals surface area contributed by atoms with Crippen LogP contribution in [0.5, 0.6) is 0 Å². The molecule has 0 aliphatic carbocycles. The maximum Gasteiger partial charge on any atom is 0.305 e. The van der Waals surface area contributed by atoms with E-state index in [2.05, 4.69) is 31.2 Å². The Labute approximate surface area is 177 Å².